The summed E-state index contributed by atoms with van der Waals surface area (Å²) in [5.74, 6) is 0.734. The van der Waals surface area contributed by atoms with Gasteiger partial charge in [-0.15, -0.1) is 0 Å². The van der Waals surface area contributed by atoms with Gasteiger partial charge in [-0.3, -0.25) is 0 Å². The molecule has 2 aromatic rings. The minimum atomic E-state index is -3.64. The summed E-state index contributed by atoms with van der Waals surface area (Å²) in [4.78, 5) is 4.34. The average Bonchev–Trinajstić information content (AvgIpc) is 2.89. The van der Waals surface area contributed by atoms with Crippen LogP contribution in [-0.4, -0.2) is 28.8 Å². The lowest BCUT2D eigenvalue weighted by Gasteiger charge is -2.27. The number of anilines is 1. The molecule has 1 aliphatic heterocycles. The molecule has 2 heterocycles. The van der Waals surface area contributed by atoms with Crippen LogP contribution >= 0.6 is 11.6 Å². The lowest BCUT2D eigenvalue weighted by Crippen LogP contribution is -2.38. The standard InChI is InChI=1S/C13H15ClN4O2S/c1-9-11(15)6-10(14)7-12(9)21(19,20)18-5-4-17-3-2-16-13(17)8-18/h2-3,6-7H,4-5,8,15H2,1H3. The Hall–Kier alpha value is -1.57. The zero-order chi connectivity index (χ0) is 15.2. The van der Waals surface area contributed by atoms with E-state index in [1.807, 2.05) is 10.8 Å². The summed E-state index contributed by atoms with van der Waals surface area (Å²) in [5, 5.41) is 0.315. The van der Waals surface area contributed by atoms with Gasteiger partial charge in [-0.1, -0.05) is 11.6 Å². The van der Waals surface area contributed by atoms with E-state index in [9.17, 15) is 8.42 Å². The number of halogens is 1. The molecule has 0 aliphatic carbocycles. The van der Waals surface area contributed by atoms with Crippen molar-refractivity contribution in [3.05, 3.63) is 40.9 Å². The predicted octanol–water partition coefficient (Wildman–Crippen LogP) is 1.63. The summed E-state index contributed by atoms with van der Waals surface area (Å²) in [6, 6.07) is 3.00. The maximum atomic E-state index is 12.8. The van der Waals surface area contributed by atoms with E-state index in [2.05, 4.69) is 4.98 Å². The van der Waals surface area contributed by atoms with Crippen molar-refractivity contribution in [1.29, 1.82) is 0 Å². The van der Waals surface area contributed by atoms with E-state index in [0.29, 0.717) is 29.4 Å². The monoisotopic (exact) mass is 326 g/mol. The molecule has 0 amide bonds. The molecule has 0 saturated heterocycles. The van der Waals surface area contributed by atoms with Gasteiger partial charge in [0.15, 0.2) is 0 Å². The van der Waals surface area contributed by atoms with Gasteiger partial charge in [-0.05, 0) is 24.6 Å². The molecule has 1 aliphatic rings. The van der Waals surface area contributed by atoms with E-state index < -0.39 is 10.0 Å². The fourth-order valence-corrected chi connectivity index (χ4v) is 4.40. The van der Waals surface area contributed by atoms with E-state index in [4.69, 9.17) is 17.3 Å². The van der Waals surface area contributed by atoms with Crippen molar-refractivity contribution in [3.63, 3.8) is 0 Å². The van der Waals surface area contributed by atoms with Gasteiger partial charge >= 0.3 is 0 Å². The molecule has 1 aromatic heterocycles. The number of hydrogen-bond acceptors (Lipinski definition) is 4. The number of fused-ring (bicyclic) bond motifs is 1. The minimum absolute atomic E-state index is 0.160. The fourth-order valence-electron chi connectivity index (χ4n) is 2.44. The molecule has 21 heavy (non-hydrogen) atoms. The molecule has 6 nitrogen and oxygen atoms in total. The van der Waals surface area contributed by atoms with Gasteiger partial charge in [0.05, 0.1) is 11.4 Å². The molecule has 0 saturated carbocycles. The molecule has 0 bridgehead atoms. The average molecular weight is 327 g/mol. The second-order valence-corrected chi connectivity index (χ2v) is 7.34. The molecule has 112 valence electrons. The Kier molecular flexibility index (Phi) is 3.43. The van der Waals surface area contributed by atoms with Gasteiger partial charge in [0.2, 0.25) is 10.0 Å². The number of hydrogen-bond donors (Lipinski definition) is 1. The first kappa shape index (κ1) is 14.4. The number of sulfonamides is 1. The molecule has 1 aromatic carbocycles. The summed E-state index contributed by atoms with van der Waals surface area (Å²) in [6.45, 7) is 2.92. The molecule has 0 unspecified atom stereocenters. The van der Waals surface area contributed by atoms with E-state index in [-0.39, 0.29) is 11.4 Å². The van der Waals surface area contributed by atoms with Crippen LogP contribution in [0.3, 0.4) is 0 Å². The number of benzene rings is 1. The Balaban J connectivity index is 2.03. The van der Waals surface area contributed by atoms with E-state index >= 15 is 0 Å². The fraction of sp³-hybridized carbons (Fsp3) is 0.308. The quantitative estimate of drug-likeness (QED) is 0.850. The van der Waals surface area contributed by atoms with Crippen molar-refractivity contribution in [3.8, 4) is 0 Å². The number of nitrogen functional groups attached to an aromatic ring is 1. The Morgan fingerprint density at radius 2 is 2.10 bits per heavy atom. The minimum Gasteiger partial charge on any atom is -0.398 e. The van der Waals surface area contributed by atoms with Crippen molar-refractivity contribution < 1.29 is 8.42 Å². The second-order valence-electron chi connectivity index (χ2n) is 4.99. The molecular weight excluding hydrogens is 312 g/mol. The first-order chi connectivity index (χ1) is 9.89. The molecule has 0 fully saturated rings. The van der Waals surface area contributed by atoms with Gasteiger partial charge in [0, 0.05) is 36.2 Å². The normalized spacial score (nSPS) is 15.9. The molecule has 8 heteroatoms. The van der Waals surface area contributed by atoms with Crippen LogP contribution in [-0.2, 0) is 23.1 Å². The zero-order valence-corrected chi connectivity index (χ0v) is 13.0. The van der Waals surface area contributed by atoms with E-state index in [1.54, 1.807) is 19.2 Å². The smallest absolute Gasteiger partial charge is 0.243 e. The van der Waals surface area contributed by atoms with Crippen molar-refractivity contribution >= 4 is 27.3 Å². The highest BCUT2D eigenvalue weighted by Gasteiger charge is 2.30. The van der Waals surface area contributed by atoms with Crippen LogP contribution in [0.4, 0.5) is 5.69 Å². The zero-order valence-electron chi connectivity index (χ0n) is 11.5. The molecule has 0 radical (unpaired) electrons. The first-order valence-electron chi connectivity index (χ1n) is 6.45. The maximum Gasteiger partial charge on any atom is 0.243 e. The molecule has 2 N–H and O–H groups in total. The maximum absolute atomic E-state index is 12.8. The summed E-state index contributed by atoms with van der Waals surface area (Å²) in [5.41, 5.74) is 6.72. The number of aromatic nitrogens is 2. The van der Waals surface area contributed by atoms with Crippen LogP contribution in [0.5, 0.6) is 0 Å². The Morgan fingerprint density at radius 1 is 1.33 bits per heavy atom. The molecular formula is C13H15ClN4O2S. The summed E-state index contributed by atoms with van der Waals surface area (Å²) in [7, 11) is -3.64. The third-order valence-corrected chi connectivity index (χ3v) is 5.88. The second kappa shape index (κ2) is 5.01. The number of nitrogens with zero attached hydrogens (tertiary/aromatic N) is 3. The predicted molar refractivity (Wildman–Crippen MR) is 80.4 cm³/mol. The third-order valence-electron chi connectivity index (χ3n) is 3.69. The number of imidazole rings is 1. The van der Waals surface area contributed by atoms with Crippen molar-refractivity contribution in [1.82, 2.24) is 13.9 Å². The third kappa shape index (κ3) is 2.41. The SMILES string of the molecule is Cc1c(N)cc(Cl)cc1S(=O)(=O)N1CCn2ccnc2C1. The van der Waals surface area contributed by atoms with Gasteiger partial charge in [-0.25, -0.2) is 13.4 Å². The van der Waals surface area contributed by atoms with Gasteiger partial charge in [-0.2, -0.15) is 4.31 Å². The van der Waals surface area contributed by atoms with Crippen molar-refractivity contribution in [2.75, 3.05) is 12.3 Å². The van der Waals surface area contributed by atoms with Crippen LogP contribution in [0, 0.1) is 6.92 Å². The van der Waals surface area contributed by atoms with Gasteiger partial charge < -0.3 is 10.3 Å². The highest BCUT2D eigenvalue weighted by Crippen LogP contribution is 2.29. The lowest BCUT2D eigenvalue weighted by molar-refractivity contribution is 0.335. The van der Waals surface area contributed by atoms with Crippen molar-refractivity contribution in [2.24, 2.45) is 0 Å². The molecule has 3 rings (SSSR count). The van der Waals surface area contributed by atoms with Crippen LogP contribution in [0.25, 0.3) is 0 Å². The lowest BCUT2D eigenvalue weighted by atomic mass is 10.2. The topological polar surface area (TPSA) is 81.2 Å². The Morgan fingerprint density at radius 3 is 2.86 bits per heavy atom. The van der Waals surface area contributed by atoms with Crippen LogP contribution in [0.15, 0.2) is 29.4 Å². The van der Waals surface area contributed by atoms with E-state index in [1.165, 1.54) is 10.4 Å². The van der Waals surface area contributed by atoms with Crippen LogP contribution in [0.2, 0.25) is 5.02 Å². The highest BCUT2D eigenvalue weighted by molar-refractivity contribution is 7.89. The Bertz CT molecular complexity index is 800. The molecule has 0 spiro atoms. The summed E-state index contributed by atoms with van der Waals surface area (Å²) >= 11 is 5.95. The number of rotatable bonds is 2. The molecule has 0 atom stereocenters. The van der Waals surface area contributed by atoms with E-state index in [0.717, 1.165) is 5.82 Å². The first-order valence-corrected chi connectivity index (χ1v) is 8.27. The number of nitrogens with two attached hydrogens (primary N) is 1. The van der Waals surface area contributed by atoms with Crippen molar-refractivity contribution in [2.45, 2.75) is 24.9 Å². The summed E-state index contributed by atoms with van der Waals surface area (Å²) < 4.78 is 29.0. The van der Waals surface area contributed by atoms with Gasteiger partial charge in [0.1, 0.15) is 5.82 Å². The summed E-state index contributed by atoms with van der Waals surface area (Å²) in [6.07, 6.45) is 3.52. The Labute approximate surface area is 128 Å². The van der Waals surface area contributed by atoms with Gasteiger partial charge in [0.25, 0.3) is 0 Å². The largest absolute Gasteiger partial charge is 0.398 e. The van der Waals surface area contributed by atoms with Crippen LogP contribution in [0.1, 0.15) is 11.4 Å². The highest BCUT2D eigenvalue weighted by atomic mass is 35.5. The van der Waals surface area contributed by atoms with Crippen LogP contribution < -0.4 is 5.73 Å².